The maximum absolute atomic E-state index is 5.55. The number of rotatable bonds is 3. The first-order valence-electron chi connectivity index (χ1n) is 7.50. The van der Waals surface area contributed by atoms with Crippen molar-refractivity contribution in [2.45, 2.75) is 44.7 Å². The Morgan fingerprint density at radius 1 is 1.25 bits per heavy atom. The lowest BCUT2D eigenvalue weighted by molar-refractivity contribution is 0.175. The van der Waals surface area contributed by atoms with Gasteiger partial charge in [-0.2, -0.15) is 28.5 Å². The van der Waals surface area contributed by atoms with Gasteiger partial charge in [-0.1, -0.05) is 19.0 Å². The zero-order valence-electron chi connectivity index (χ0n) is 12.2. The Labute approximate surface area is 129 Å². The van der Waals surface area contributed by atoms with Crippen LogP contribution in [0.15, 0.2) is 4.52 Å². The van der Waals surface area contributed by atoms with E-state index in [0.717, 1.165) is 18.1 Å². The Kier molecular flexibility index (Phi) is 4.94. The van der Waals surface area contributed by atoms with Gasteiger partial charge < -0.3 is 4.52 Å². The molecular formula is C14H23N3OS2. The van der Waals surface area contributed by atoms with Crippen molar-refractivity contribution in [2.75, 3.05) is 29.6 Å². The first-order valence-corrected chi connectivity index (χ1v) is 9.81. The summed E-state index contributed by atoms with van der Waals surface area (Å²) in [7, 11) is 0. The molecule has 20 heavy (non-hydrogen) atoms. The minimum absolute atomic E-state index is 0.339. The molecule has 2 fully saturated rings. The number of likely N-dealkylation sites (tertiary alicyclic amines) is 1. The van der Waals surface area contributed by atoms with Crippen LogP contribution in [0.3, 0.4) is 0 Å². The largest absolute Gasteiger partial charge is 0.338 e. The molecule has 3 heterocycles. The maximum atomic E-state index is 5.55. The average molecular weight is 313 g/mol. The lowest BCUT2D eigenvalue weighted by Gasteiger charge is -2.29. The molecule has 0 unspecified atom stereocenters. The van der Waals surface area contributed by atoms with E-state index in [0.29, 0.717) is 18.0 Å². The third-order valence-corrected chi connectivity index (χ3v) is 6.50. The highest BCUT2D eigenvalue weighted by Crippen LogP contribution is 2.35. The summed E-state index contributed by atoms with van der Waals surface area (Å²) in [5.41, 5.74) is 0. The predicted molar refractivity (Wildman–Crippen MR) is 85.5 cm³/mol. The van der Waals surface area contributed by atoms with Crippen LogP contribution in [0.25, 0.3) is 0 Å². The zero-order valence-corrected chi connectivity index (χ0v) is 13.9. The van der Waals surface area contributed by atoms with Crippen molar-refractivity contribution in [3.8, 4) is 0 Å². The molecule has 3 rings (SSSR count). The lowest BCUT2D eigenvalue weighted by atomic mass is 10.2. The van der Waals surface area contributed by atoms with Gasteiger partial charge in [0.05, 0.1) is 6.04 Å². The van der Waals surface area contributed by atoms with Gasteiger partial charge in [0, 0.05) is 35.0 Å². The third-order valence-electron chi connectivity index (χ3n) is 4.01. The molecule has 1 aromatic heterocycles. The molecule has 2 aliphatic heterocycles. The second-order valence-corrected chi connectivity index (χ2v) is 8.14. The van der Waals surface area contributed by atoms with Gasteiger partial charge in [0.25, 0.3) is 0 Å². The van der Waals surface area contributed by atoms with Crippen molar-refractivity contribution in [2.24, 2.45) is 0 Å². The molecule has 0 aliphatic carbocycles. The molecule has 1 aromatic rings. The van der Waals surface area contributed by atoms with Crippen LogP contribution in [0, 0.1) is 0 Å². The van der Waals surface area contributed by atoms with Gasteiger partial charge in [-0.05, 0) is 19.4 Å². The fourth-order valence-electron chi connectivity index (χ4n) is 2.90. The summed E-state index contributed by atoms with van der Waals surface area (Å²) in [6.07, 6.45) is 2.40. The highest BCUT2D eigenvalue weighted by atomic mass is 32.2. The zero-order chi connectivity index (χ0) is 13.9. The molecule has 0 saturated carbocycles. The molecular weight excluding hydrogens is 290 g/mol. The van der Waals surface area contributed by atoms with Gasteiger partial charge in [0.2, 0.25) is 5.89 Å². The molecule has 0 radical (unpaired) electrons. The summed E-state index contributed by atoms with van der Waals surface area (Å²) < 4.78 is 5.55. The van der Waals surface area contributed by atoms with Crippen molar-refractivity contribution in [1.82, 2.24) is 15.0 Å². The normalized spacial score (nSPS) is 26.2. The summed E-state index contributed by atoms with van der Waals surface area (Å²) in [4.78, 5) is 7.24. The number of aromatic nitrogens is 2. The van der Waals surface area contributed by atoms with Gasteiger partial charge in [-0.25, -0.2) is 0 Å². The van der Waals surface area contributed by atoms with Crippen LogP contribution < -0.4 is 0 Å². The Hall–Kier alpha value is -0.200. The van der Waals surface area contributed by atoms with Crippen molar-refractivity contribution in [1.29, 1.82) is 0 Å². The molecule has 0 amide bonds. The van der Waals surface area contributed by atoms with E-state index in [1.165, 1.54) is 36.0 Å². The third kappa shape index (κ3) is 3.17. The monoisotopic (exact) mass is 313 g/mol. The second-order valence-electron chi connectivity index (χ2n) is 5.85. The molecule has 2 aliphatic rings. The van der Waals surface area contributed by atoms with Gasteiger partial charge in [-0.3, -0.25) is 4.90 Å². The van der Waals surface area contributed by atoms with E-state index < -0.39 is 0 Å². The Balaban J connectivity index is 1.73. The minimum Gasteiger partial charge on any atom is -0.338 e. The molecule has 6 heteroatoms. The van der Waals surface area contributed by atoms with E-state index in [2.05, 4.69) is 52.4 Å². The van der Waals surface area contributed by atoms with E-state index in [1.807, 2.05) is 0 Å². The first kappa shape index (κ1) is 14.7. The van der Waals surface area contributed by atoms with Gasteiger partial charge in [-0.15, -0.1) is 0 Å². The van der Waals surface area contributed by atoms with Crippen LogP contribution in [0.1, 0.15) is 50.4 Å². The van der Waals surface area contributed by atoms with E-state index in [-0.39, 0.29) is 0 Å². The molecule has 0 N–H and O–H groups in total. The Morgan fingerprint density at radius 3 is 2.65 bits per heavy atom. The van der Waals surface area contributed by atoms with Gasteiger partial charge in [0.15, 0.2) is 5.82 Å². The molecule has 2 saturated heterocycles. The van der Waals surface area contributed by atoms with Crippen molar-refractivity contribution in [3.63, 3.8) is 0 Å². The molecule has 1 atom stereocenters. The number of nitrogens with zero attached hydrogens (tertiary/aromatic N) is 3. The van der Waals surface area contributed by atoms with E-state index in [1.54, 1.807) is 0 Å². The summed E-state index contributed by atoms with van der Waals surface area (Å²) in [5, 5.41) is 4.14. The molecule has 0 spiro atoms. The van der Waals surface area contributed by atoms with Crippen LogP contribution in [0.5, 0.6) is 0 Å². The molecule has 112 valence electrons. The van der Waals surface area contributed by atoms with E-state index >= 15 is 0 Å². The minimum atomic E-state index is 0.339. The van der Waals surface area contributed by atoms with Crippen molar-refractivity contribution in [3.05, 3.63) is 11.7 Å². The maximum Gasteiger partial charge on any atom is 0.244 e. The molecule has 4 nitrogen and oxygen atoms in total. The van der Waals surface area contributed by atoms with Crippen LogP contribution in [0.2, 0.25) is 0 Å². The fraction of sp³-hybridized carbons (Fsp3) is 0.857. The standard InChI is InChI=1S/C14H23N3OS2/c1-10(2)13-15-14(18-16-13)12-4-3-5-17(12)11-8-19-6-7-20-9-11/h10-12H,3-9H2,1-2H3/t12-/m0/s1. The lowest BCUT2D eigenvalue weighted by Crippen LogP contribution is -2.38. The first-order chi connectivity index (χ1) is 9.75. The summed E-state index contributed by atoms with van der Waals surface area (Å²) in [6, 6.07) is 1.01. The summed E-state index contributed by atoms with van der Waals surface area (Å²) >= 11 is 4.18. The fourth-order valence-corrected chi connectivity index (χ4v) is 5.49. The highest BCUT2D eigenvalue weighted by Gasteiger charge is 2.35. The van der Waals surface area contributed by atoms with Crippen LogP contribution >= 0.6 is 23.5 Å². The van der Waals surface area contributed by atoms with Crippen LogP contribution in [-0.2, 0) is 0 Å². The second kappa shape index (κ2) is 6.71. The number of thioether (sulfide) groups is 2. The Morgan fingerprint density at radius 2 is 2.00 bits per heavy atom. The average Bonchev–Trinajstić information content (AvgIpc) is 3.02. The number of hydrogen-bond donors (Lipinski definition) is 0. The number of hydrogen-bond acceptors (Lipinski definition) is 6. The predicted octanol–water partition coefficient (Wildman–Crippen LogP) is 3.18. The van der Waals surface area contributed by atoms with Gasteiger partial charge >= 0.3 is 0 Å². The topological polar surface area (TPSA) is 42.2 Å². The van der Waals surface area contributed by atoms with Crippen LogP contribution in [-0.4, -0.2) is 50.6 Å². The van der Waals surface area contributed by atoms with E-state index in [9.17, 15) is 0 Å². The summed E-state index contributed by atoms with van der Waals surface area (Å²) in [5.74, 6) is 7.09. The Bertz CT molecular complexity index is 430. The molecule has 0 aromatic carbocycles. The van der Waals surface area contributed by atoms with Crippen molar-refractivity contribution < 1.29 is 4.52 Å². The summed E-state index contributed by atoms with van der Waals surface area (Å²) in [6.45, 7) is 5.40. The molecule has 0 bridgehead atoms. The highest BCUT2D eigenvalue weighted by molar-refractivity contribution is 8.03. The van der Waals surface area contributed by atoms with E-state index in [4.69, 9.17) is 4.52 Å². The van der Waals surface area contributed by atoms with Crippen LogP contribution in [0.4, 0.5) is 0 Å². The van der Waals surface area contributed by atoms with Gasteiger partial charge in [0.1, 0.15) is 0 Å². The quantitative estimate of drug-likeness (QED) is 0.854. The SMILES string of the molecule is CC(C)c1noc([C@@H]2CCCN2C2CSCCSC2)n1. The smallest absolute Gasteiger partial charge is 0.244 e. The van der Waals surface area contributed by atoms with Crippen molar-refractivity contribution >= 4 is 23.5 Å².